The van der Waals surface area contributed by atoms with Crippen molar-refractivity contribution in [2.75, 3.05) is 5.32 Å². The molecule has 2 aromatic carbocycles. The Morgan fingerprint density at radius 2 is 1.88 bits per heavy atom. The van der Waals surface area contributed by atoms with Crippen molar-refractivity contribution >= 4 is 34.5 Å². The molecule has 0 aliphatic carbocycles. The van der Waals surface area contributed by atoms with E-state index in [0.717, 1.165) is 6.07 Å². The zero-order chi connectivity index (χ0) is 17.5. The molecule has 0 aliphatic heterocycles. The Bertz CT molecular complexity index is 935. The van der Waals surface area contributed by atoms with E-state index in [1.165, 1.54) is 36.4 Å². The molecular formula is C16H10ClF3N2O2. The molecule has 0 fully saturated rings. The van der Waals surface area contributed by atoms with Crippen molar-refractivity contribution in [3.05, 3.63) is 53.1 Å². The number of benzene rings is 2. The number of hydrogen-bond acceptors (Lipinski definition) is 2. The minimum atomic E-state index is -4.58. The number of urea groups is 1. The monoisotopic (exact) mass is 354 g/mol. The minimum absolute atomic E-state index is 0.0687. The van der Waals surface area contributed by atoms with Gasteiger partial charge in [0, 0.05) is 10.4 Å². The second-order valence-corrected chi connectivity index (χ2v) is 5.42. The molecular weight excluding hydrogens is 345 g/mol. The molecule has 0 bridgehead atoms. The first-order chi connectivity index (χ1) is 11.3. The maximum absolute atomic E-state index is 13.3. The second-order valence-electron chi connectivity index (χ2n) is 4.98. The van der Waals surface area contributed by atoms with Gasteiger partial charge in [0.25, 0.3) is 0 Å². The lowest BCUT2D eigenvalue weighted by Crippen LogP contribution is -2.19. The van der Waals surface area contributed by atoms with Crippen LogP contribution in [0.4, 0.5) is 23.8 Å². The minimum Gasteiger partial charge on any atom is -0.440 e. The Kier molecular flexibility index (Phi) is 3.88. The summed E-state index contributed by atoms with van der Waals surface area (Å²) in [6, 6.07) is 8.53. The fourth-order valence-electron chi connectivity index (χ4n) is 2.49. The number of carbonyl (C=O) groups is 1. The Labute approximate surface area is 139 Å². The number of anilines is 1. The lowest BCUT2D eigenvalue weighted by molar-refractivity contribution is -0.137. The SMILES string of the molecule is NC(=O)Nc1oc2ccc(Cl)cc2c1-c1ccccc1C(F)(F)F. The largest absolute Gasteiger partial charge is 0.440 e. The van der Waals surface area contributed by atoms with Crippen LogP contribution in [-0.2, 0) is 6.18 Å². The Hall–Kier alpha value is -2.67. The molecule has 4 nitrogen and oxygen atoms in total. The summed E-state index contributed by atoms with van der Waals surface area (Å²) in [6.07, 6.45) is -4.58. The summed E-state index contributed by atoms with van der Waals surface area (Å²) in [5.41, 5.74) is 4.43. The van der Waals surface area contributed by atoms with E-state index in [0.29, 0.717) is 10.4 Å². The van der Waals surface area contributed by atoms with Gasteiger partial charge in [0.1, 0.15) is 5.58 Å². The summed E-state index contributed by atoms with van der Waals surface area (Å²) in [5.74, 6) is -0.170. The molecule has 2 amide bonds. The van der Waals surface area contributed by atoms with Crippen molar-refractivity contribution in [2.45, 2.75) is 6.18 Å². The lowest BCUT2D eigenvalue weighted by Gasteiger charge is -2.13. The van der Waals surface area contributed by atoms with Gasteiger partial charge in [-0.3, -0.25) is 5.32 Å². The zero-order valence-corrected chi connectivity index (χ0v) is 12.7. The maximum atomic E-state index is 13.3. The van der Waals surface area contributed by atoms with Gasteiger partial charge in [-0.15, -0.1) is 0 Å². The molecule has 1 heterocycles. The number of halogens is 4. The van der Waals surface area contributed by atoms with E-state index in [1.807, 2.05) is 0 Å². The van der Waals surface area contributed by atoms with E-state index in [2.05, 4.69) is 5.32 Å². The highest BCUT2D eigenvalue weighted by molar-refractivity contribution is 6.31. The van der Waals surface area contributed by atoms with Crippen LogP contribution in [0, 0.1) is 0 Å². The average molecular weight is 355 g/mol. The summed E-state index contributed by atoms with van der Waals surface area (Å²) in [6.45, 7) is 0. The van der Waals surface area contributed by atoms with E-state index in [9.17, 15) is 18.0 Å². The number of hydrogen-bond donors (Lipinski definition) is 2. The Morgan fingerprint density at radius 1 is 1.17 bits per heavy atom. The molecule has 0 radical (unpaired) electrons. The van der Waals surface area contributed by atoms with Crippen molar-refractivity contribution in [1.82, 2.24) is 0 Å². The second kappa shape index (κ2) is 5.76. The molecule has 0 saturated heterocycles. The van der Waals surface area contributed by atoms with Crippen LogP contribution in [0.3, 0.4) is 0 Å². The van der Waals surface area contributed by atoms with Crippen LogP contribution in [0.2, 0.25) is 5.02 Å². The normalized spacial score (nSPS) is 11.7. The number of carbonyl (C=O) groups excluding carboxylic acids is 1. The van der Waals surface area contributed by atoms with Gasteiger partial charge in [-0.2, -0.15) is 13.2 Å². The molecule has 8 heteroatoms. The standard InChI is InChI=1S/C16H10ClF3N2O2/c17-8-5-6-12-10(7-8)13(14(24-12)22-15(21)23)9-3-1-2-4-11(9)16(18,19)20/h1-7H,(H3,21,22,23). The van der Waals surface area contributed by atoms with Crippen molar-refractivity contribution in [3.8, 4) is 11.1 Å². The third-order valence-corrected chi connectivity index (χ3v) is 3.62. The number of furan rings is 1. The average Bonchev–Trinajstić information content (AvgIpc) is 2.82. The van der Waals surface area contributed by atoms with Gasteiger partial charge >= 0.3 is 12.2 Å². The summed E-state index contributed by atoms with van der Waals surface area (Å²) in [5, 5.41) is 2.88. The lowest BCUT2D eigenvalue weighted by atomic mass is 9.98. The third-order valence-electron chi connectivity index (χ3n) is 3.39. The molecule has 124 valence electrons. The van der Waals surface area contributed by atoms with Crippen LogP contribution in [0.25, 0.3) is 22.1 Å². The van der Waals surface area contributed by atoms with Gasteiger partial charge in [-0.1, -0.05) is 29.8 Å². The Morgan fingerprint density at radius 3 is 2.54 bits per heavy atom. The quantitative estimate of drug-likeness (QED) is 0.658. The summed E-state index contributed by atoms with van der Waals surface area (Å²) >= 11 is 5.95. The zero-order valence-electron chi connectivity index (χ0n) is 11.9. The van der Waals surface area contributed by atoms with Crippen molar-refractivity contribution in [3.63, 3.8) is 0 Å². The van der Waals surface area contributed by atoms with Gasteiger partial charge < -0.3 is 10.2 Å². The highest BCUT2D eigenvalue weighted by atomic mass is 35.5. The van der Waals surface area contributed by atoms with Crippen LogP contribution in [0.5, 0.6) is 0 Å². The van der Waals surface area contributed by atoms with Crippen LogP contribution >= 0.6 is 11.6 Å². The van der Waals surface area contributed by atoms with Gasteiger partial charge in [0.15, 0.2) is 0 Å². The molecule has 0 spiro atoms. The van der Waals surface area contributed by atoms with Gasteiger partial charge in [0.2, 0.25) is 5.88 Å². The van der Waals surface area contributed by atoms with Gasteiger partial charge in [-0.05, 0) is 29.8 Å². The van der Waals surface area contributed by atoms with E-state index < -0.39 is 17.8 Å². The number of amides is 2. The molecule has 24 heavy (non-hydrogen) atoms. The van der Waals surface area contributed by atoms with E-state index >= 15 is 0 Å². The van der Waals surface area contributed by atoms with Crippen LogP contribution in [-0.4, -0.2) is 6.03 Å². The first kappa shape index (κ1) is 16.2. The van der Waals surface area contributed by atoms with Crippen LogP contribution < -0.4 is 11.1 Å². The molecule has 0 atom stereocenters. The van der Waals surface area contributed by atoms with Crippen molar-refractivity contribution in [1.29, 1.82) is 0 Å². The number of alkyl halides is 3. The predicted molar refractivity (Wildman–Crippen MR) is 84.9 cm³/mol. The van der Waals surface area contributed by atoms with Gasteiger partial charge in [-0.25, -0.2) is 4.79 Å². The number of rotatable bonds is 2. The van der Waals surface area contributed by atoms with Gasteiger partial charge in [0.05, 0.1) is 11.1 Å². The Balaban J connectivity index is 2.36. The molecule has 0 saturated carbocycles. The molecule has 3 N–H and O–H groups in total. The van der Waals surface area contributed by atoms with Crippen LogP contribution in [0.1, 0.15) is 5.56 Å². The highest BCUT2D eigenvalue weighted by Gasteiger charge is 2.35. The fraction of sp³-hybridized carbons (Fsp3) is 0.0625. The molecule has 0 aliphatic rings. The maximum Gasteiger partial charge on any atom is 0.417 e. The molecule has 3 aromatic rings. The summed E-state index contributed by atoms with van der Waals surface area (Å²) in [7, 11) is 0. The van der Waals surface area contributed by atoms with E-state index in [1.54, 1.807) is 0 Å². The summed E-state index contributed by atoms with van der Waals surface area (Å²) in [4.78, 5) is 11.2. The predicted octanol–water partition coefficient (Wildman–Crippen LogP) is 5.26. The number of nitrogens with one attached hydrogen (secondary N) is 1. The van der Waals surface area contributed by atoms with E-state index in [4.69, 9.17) is 21.8 Å². The number of nitrogens with two attached hydrogens (primary N) is 1. The highest BCUT2D eigenvalue weighted by Crippen LogP contribution is 2.44. The first-order valence-corrected chi connectivity index (χ1v) is 7.10. The number of primary amides is 1. The molecule has 0 unspecified atom stereocenters. The number of fused-ring (bicyclic) bond motifs is 1. The third kappa shape index (κ3) is 2.90. The smallest absolute Gasteiger partial charge is 0.417 e. The molecule has 1 aromatic heterocycles. The van der Waals surface area contributed by atoms with E-state index in [-0.39, 0.29) is 22.6 Å². The van der Waals surface area contributed by atoms with Crippen molar-refractivity contribution < 1.29 is 22.4 Å². The first-order valence-electron chi connectivity index (χ1n) is 6.72. The fourth-order valence-corrected chi connectivity index (χ4v) is 2.66. The summed E-state index contributed by atoms with van der Waals surface area (Å²) < 4.78 is 45.5. The van der Waals surface area contributed by atoms with Crippen LogP contribution in [0.15, 0.2) is 46.9 Å². The molecule has 3 rings (SSSR count). The topological polar surface area (TPSA) is 68.3 Å². The van der Waals surface area contributed by atoms with Crippen molar-refractivity contribution in [2.24, 2.45) is 5.73 Å².